The Labute approximate surface area is 113 Å². The van der Waals surface area contributed by atoms with Gasteiger partial charge in [-0.15, -0.1) is 11.3 Å². The van der Waals surface area contributed by atoms with Gasteiger partial charge in [0.1, 0.15) is 11.1 Å². The van der Waals surface area contributed by atoms with Crippen molar-refractivity contribution in [1.82, 2.24) is 5.16 Å². The fraction of sp³-hybridized carbons (Fsp3) is 0.308. The van der Waals surface area contributed by atoms with Crippen molar-refractivity contribution in [2.24, 2.45) is 0 Å². The number of aromatic nitrogens is 1. The molecular formula is C13H11N3O2S. The van der Waals surface area contributed by atoms with Gasteiger partial charge in [-0.05, 0) is 31.7 Å². The van der Waals surface area contributed by atoms with E-state index < -0.39 is 0 Å². The van der Waals surface area contributed by atoms with Gasteiger partial charge in [-0.1, -0.05) is 5.16 Å². The molecule has 1 aliphatic rings. The Bertz CT molecular complexity index is 693. The maximum atomic E-state index is 12.0. The van der Waals surface area contributed by atoms with E-state index >= 15 is 0 Å². The number of carbonyl (C=O) groups excluding carboxylic acids is 1. The molecule has 3 rings (SSSR count). The number of amides is 1. The number of thiophene rings is 1. The SMILES string of the molecule is Cc1cc(C(=O)Nc2sc3c(c2C#N)CCC3)on1. The number of nitrogens with zero attached hydrogens (tertiary/aromatic N) is 2. The first-order valence-electron chi connectivity index (χ1n) is 5.98. The van der Waals surface area contributed by atoms with Gasteiger partial charge in [-0.3, -0.25) is 4.79 Å². The zero-order valence-electron chi connectivity index (χ0n) is 10.3. The van der Waals surface area contributed by atoms with Gasteiger partial charge < -0.3 is 9.84 Å². The first-order valence-corrected chi connectivity index (χ1v) is 6.80. The van der Waals surface area contributed by atoms with Gasteiger partial charge >= 0.3 is 0 Å². The third kappa shape index (κ3) is 2.02. The van der Waals surface area contributed by atoms with Gasteiger partial charge in [0.25, 0.3) is 5.91 Å². The van der Waals surface area contributed by atoms with E-state index in [9.17, 15) is 10.1 Å². The molecule has 0 unspecified atom stereocenters. The molecule has 6 heteroatoms. The minimum absolute atomic E-state index is 0.162. The Morgan fingerprint density at radius 1 is 1.58 bits per heavy atom. The van der Waals surface area contributed by atoms with Crippen LogP contribution in [-0.2, 0) is 12.8 Å². The molecule has 1 N–H and O–H groups in total. The van der Waals surface area contributed by atoms with E-state index in [0.29, 0.717) is 16.3 Å². The molecule has 0 bridgehead atoms. The number of nitrogens with one attached hydrogen (secondary N) is 1. The van der Waals surface area contributed by atoms with Crippen LogP contribution in [-0.4, -0.2) is 11.1 Å². The van der Waals surface area contributed by atoms with Gasteiger partial charge in [0, 0.05) is 10.9 Å². The molecule has 1 amide bonds. The lowest BCUT2D eigenvalue weighted by Gasteiger charge is -2.00. The summed E-state index contributed by atoms with van der Waals surface area (Å²) in [4.78, 5) is 13.2. The highest BCUT2D eigenvalue weighted by Gasteiger charge is 2.24. The first-order chi connectivity index (χ1) is 9.19. The van der Waals surface area contributed by atoms with Crippen molar-refractivity contribution in [2.45, 2.75) is 26.2 Å². The fourth-order valence-electron chi connectivity index (χ4n) is 2.25. The molecule has 0 radical (unpaired) electrons. The summed E-state index contributed by atoms with van der Waals surface area (Å²) in [5.41, 5.74) is 2.35. The van der Waals surface area contributed by atoms with Crippen LogP contribution in [0.4, 0.5) is 5.00 Å². The van der Waals surface area contributed by atoms with Gasteiger partial charge in [0.2, 0.25) is 5.76 Å². The van der Waals surface area contributed by atoms with E-state index in [2.05, 4.69) is 16.5 Å². The quantitative estimate of drug-likeness (QED) is 0.912. The lowest BCUT2D eigenvalue weighted by molar-refractivity contribution is 0.0988. The summed E-state index contributed by atoms with van der Waals surface area (Å²) in [6, 6.07) is 3.76. The standard InChI is InChI=1S/C13H11N3O2S/c1-7-5-10(18-16-7)12(17)15-13-9(6-14)8-3-2-4-11(8)19-13/h5H,2-4H2,1H3,(H,15,17). The van der Waals surface area contributed by atoms with E-state index in [1.807, 2.05) is 0 Å². The van der Waals surface area contributed by atoms with Crippen molar-refractivity contribution in [3.8, 4) is 6.07 Å². The van der Waals surface area contributed by atoms with Crippen LogP contribution in [0.5, 0.6) is 0 Å². The van der Waals surface area contributed by atoms with Crippen LogP contribution >= 0.6 is 11.3 Å². The van der Waals surface area contributed by atoms with Crippen molar-refractivity contribution in [3.63, 3.8) is 0 Å². The number of carbonyl (C=O) groups is 1. The smallest absolute Gasteiger partial charge is 0.294 e. The van der Waals surface area contributed by atoms with E-state index in [1.165, 1.54) is 16.2 Å². The van der Waals surface area contributed by atoms with E-state index in [-0.39, 0.29) is 11.7 Å². The highest BCUT2D eigenvalue weighted by molar-refractivity contribution is 7.16. The third-order valence-corrected chi connectivity index (χ3v) is 4.32. The Kier molecular flexibility index (Phi) is 2.84. The van der Waals surface area contributed by atoms with Crippen LogP contribution in [0.1, 0.15) is 38.7 Å². The number of rotatable bonds is 2. The second kappa shape index (κ2) is 4.52. The van der Waals surface area contributed by atoms with E-state index in [4.69, 9.17) is 4.52 Å². The highest BCUT2D eigenvalue weighted by atomic mass is 32.1. The largest absolute Gasteiger partial charge is 0.351 e. The average Bonchev–Trinajstić information content (AvgIpc) is 3.04. The molecule has 19 heavy (non-hydrogen) atoms. The minimum atomic E-state index is -0.364. The molecule has 2 aromatic heterocycles. The molecule has 2 heterocycles. The highest BCUT2D eigenvalue weighted by Crippen LogP contribution is 2.38. The van der Waals surface area contributed by atoms with Gasteiger partial charge in [-0.25, -0.2) is 0 Å². The van der Waals surface area contributed by atoms with E-state index in [1.54, 1.807) is 13.0 Å². The van der Waals surface area contributed by atoms with Crippen LogP contribution in [0, 0.1) is 18.3 Å². The summed E-state index contributed by atoms with van der Waals surface area (Å²) in [5.74, 6) is -0.202. The Hall–Kier alpha value is -2.13. The summed E-state index contributed by atoms with van der Waals surface area (Å²) in [6.07, 6.45) is 3.00. The summed E-state index contributed by atoms with van der Waals surface area (Å²) < 4.78 is 4.91. The zero-order valence-corrected chi connectivity index (χ0v) is 11.1. The van der Waals surface area contributed by atoms with Crippen molar-refractivity contribution < 1.29 is 9.32 Å². The second-order valence-electron chi connectivity index (χ2n) is 4.46. The first kappa shape index (κ1) is 11.9. The van der Waals surface area contributed by atoms with Crippen molar-refractivity contribution in [3.05, 3.63) is 33.5 Å². The van der Waals surface area contributed by atoms with Crippen LogP contribution < -0.4 is 5.32 Å². The molecule has 0 atom stereocenters. The molecule has 0 saturated carbocycles. The Morgan fingerprint density at radius 3 is 3.11 bits per heavy atom. The van der Waals surface area contributed by atoms with Crippen LogP contribution in [0.15, 0.2) is 10.6 Å². The Morgan fingerprint density at radius 2 is 2.42 bits per heavy atom. The number of nitriles is 1. The van der Waals surface area contributed by atoms with Crippen molar-refractivity contribution in [1.29, 1.82) is 5.26 Å². The molecule has 1 aliphatic carbocycles. The summed E-state index contributed by atoms with van der Waals surface area (Å²) in [7, 11) is 0. The third-order valence-electron chi connectivity index (χ3n) is 3.11. The lowest BCUT2D eigenvalue weighted by atomic mass is 10.1. The molecule has 0 spiro atoms. The number of fused-ring (bicyclic) bond motifs is 1. The summed E-state index contributed by atoms with van der Waals surface area (Å²) >= 11 is 1.49. The monoisotopic (exact) mass is 273 g/mol. The molecule has 2 aromatic rings. The minimum Gasteiger partial charge on any atom is -0.351 e. The maximum absolute atomic E-state index is 12.0. The Balaban J connectivity index is 1.88. The number of anilines is 1. The normalized spacial score (nSPS) is 13.1. The van der Waals surface area contributed by atoms with E-state index in [0.717, 1.165) is 24.8 Å². The lowest BCUT2D eigenvalue weighted by Crippen LogP contribution is -2.10. The van der Waals surface area contributed by atoms with Crippen molar-refractivity contribution in [2.75, 3.05) is 5.32 Å². The molecule has 0 aromatic carbocycles. The number of hydrogen-bond acceptors (Lipinski definition) is 5. The van der Waals surface area contributed by atoms with Crippen LogP contribution in [0.3, 0.4) is 0 Å². The summed E-state index contributed by atoms with van der Waals surface area (Å²) in [5, 5.41) is 16.3. The molecular weight excluding hydrogens is 262 g/mol. The second-order valence-corrected chi connectivity index (χ2v) is 5.57. The van der Waals surface area contributed by atoms with Gasteiger partial charge in [0.15, 0.2) is 0 Å². The topological polar surface area (TPSA) is 78.9 Å². The van der Waals surface area contributed by atoms with Crippen LogP contribution in [0.2, 0.25) is 0 Å². The van der Waals surface area contributed by atoms with Crippen molar-refractivity contribution >= 4 is 22.2 Å². The number of aryl methyl sites for hydroxylation is 2. The van der Waals surface area contributed by atoms with Crippen LogP contribution in [0.25, 0.3) is 0 Å². The molecule has 5 nitrogen and oxygen atoms in total. The van der Waals surface area contributed by atoms with Gasteiger partial charge in [-0.2, -0.15) is 5.26 Å². The zero-order chi connectivity index (χ0) is 13.4. The maximum Gasteiger partial charge on any atom is 0.294 e. The molecule has 96 valence electrons. The average molecular weight is 273 g/mol. The molecule has 0 saturated heterocycles. The van der Waals surface area contributed by atoms with Gasteiger partial charge in [0.05, 0.1) is 11.3 Å². The fourth-order valence-corrected chi connectivity index (χ4v) is 3.48. The predicted molar refractivity (Wildman–Crippen MR) is 70.3 cm³/mol. The predicted octanol–water partition coefficient (Wildman–Crippen LogP) is 2.66. The number of hydrogen-bond donors (Lipinski definition) is 1. The summed E-state index contributed by atoms with van der Waals surface area (Å²) in [6.45, 7) is 1.75. The molecule has 0 aliphatic heterocycles. The molecule has 0 fully saturated rings.